The molecule has 7 heteroatoms. The quantitative estimate of drug-likeness (QED) is 0.184. The molecule has 0 saturated carbocycles. The maximum absolute atomic E-state index is 10.4. The van der Waals surface area contributed by atoms with Crippen molar-refractivity contribution in [3.63, 3.8) is 0 Å². The van der Waals surface area contributed by atoms with Crippen molar-refractivity contribution in [3.05, 3.63) is 0 Å². The summed E-state index contributed by atoms with van der Waals surface area (Å²) in [4.78, 5) is 31.3. The molecule has 0 aromatic heterocycles. The topological polar surface area (TPSA) is 112 Å². The zero-order valence-corrected chi connectivity index (χ0v) is 23.0. The van der Waals surface area contributed by atoms with Crippen LogP contribution in [-0.4, -0.2) is 33.2 Å². The Bertz CT molecular complexity index is 366. The average Bonchev–Trinajstić information content (AvgIpc) is 2.70. The van der Waals surface area contributed by atoms with Crippen LogP contribution in [0, 0.1) is 17.8 Å². The van der Waals surface area contributed by atoms with Gasteiger partial charge in [-0.2, -0.15) is 0 Å². The first kappa shape index (κ1) is 37.4. The predicted molar refractivity (Wildman–Crippen MR) is 123 cm³/mol. The molecule has 0 spiro atoms. The van der Waals surface area contributed by atoms with Gasteiger partial charge < -0.3 is 15.3 Å². The standard InChI is InChI=1S/3C8H16O2.Ir/c3*1-3-5-6-7(4-2)8(9)10;/h3*7H,3-6H2,1-2H3,(H,9,10);. The zero-order chi connectivity index (χ0) is 23.9. The predicted octanol–water partition coefficient (Wildman–Crippen LogP) is 6.86. The molecular formula is C24H48IrO6. The molecule has 0 amide bonds. The van der Waals surface area contributed by atoms with E-state index < -0.39 is 17.9 Å². The van der Waals surface area contributed by atoms with E-state index in [4.69, 9.17) is 15.3 Å². The summed E-state index contributed by atoms with van der Waals surface area (Å²) < 4.78 is 0. The number of aliphatic carboxylic acids is 3. The SMILES string of the molecule is CCCCC(CC)C(=O)O.CCCCC(CC)C(=O)O.CCCCC(CC)C(=O)O.[Ir]. The van der Waals surface area contributed by atoms with Gasteiger partial charge in [0.05, 0.1) is 17.8 Å². The Morgan fingerprint density at radius 3 is 0.806 bits per heavy atom. The molecule has 189 valence electrons. The second kappa shape index (κ2) is 27.1. The van der Waals surface area contributed by atoms with Crippen molar-refractivity contribution >= 4 is 17.9 Å². The number of hydrogen-bond acceptors (Lipinski definition) is 3. The monoisotopic (exact) mass is 625 g/mol. The molecule has 0 aliphatic carbocycles. The molecule has 0 heterocycles. The number of unbranched alkanes of at least 4 members (excludes halogenated alkanes) is 3. The van der Waals surface area contributed by atoms with E-state index in [0.717, 1.165) is 77.0 Å². The van der Waals surface area contributed by atoms with Gasteiger partial charge in [0.15, 0.2) is 0 Å². The molecule has 0 rings (SSSR count). The third-order valence-corrected chi connectivity index (χ3v) is 5.24. The molecule has 0 bridgehead atoms. The Labute approximate surface area is 203 Å². The van der Waals surface area contributed by atoms with E-state index in [9.17, 15) is 14.4 Å². The van der Waals surface area contributed by atoms with Crippen molar-refractivity contribution < 1.29 is 49.8 Å². The van der Waals surface area contributed by atoms with Gasteiger partial charge in [0.1, 0.15) is 0 Å². The summed E-state index contributed by atoms with van der Waals surface area (Å²) >= 11 is 0. The summed E-state index contributed by atoms with van der Waals surface area (Å²) in [6, 6.07) is 0. The van der Waals surface area contributed by atoms with Crippen LogP contribution in [0.2, 0.25) is 0 Å². The van der Waals surface area contributed by atoms with Gasteiger partial charge in [-0.3, -0.25) is 14.4 Å². The molecule has 1 radical (unpaired) electrons. The van der Waals surface area contributed by atoms with Crippen molar-refractivity contribution in [1.29, 1.82) is 0 Å². The van der Waals surface area contributed by atoms with Crippen molar-refractivity contribution in [2.45, 2.75) is 119 Å². The minimum Gasteiger partial charge on any atom is -0.481 e. The number of carbonyl (C=O) groups is 3. The molecule has 31 heavy (non-hydrogen) atoms. The summed E-state index contributed by atoms with van der Waals surface area (Å²) in [6.45, 7) is 12.0. The first-order valence-corrected chi connectivity index (χ1v) is 11.8. The molecular weight excluding hydrogens is 576 g/mol. The smallest absolute Gasteiger partial charge is 0.306 e. The van der Waals surface area contributed by atoms with Crippen LogP contribution in [-0.2, 0) is 34.5 Å². The Kier molecular flexibility index (Phi) is 32.7. The first-order chi connectivity index (χ1) is 14.2. The molecule has 0 saturated heterocycles. The fraction of sp³-hybridized carbons (Fsp3) is 0.875. The Morgan fingerprint density at radius 2 is 0.710 bits per heavy atom. The molecule has 0 aliphatic heterocycles. The molecule has 0 fully saturated rings. The molecule has 0 aliphatic rings. The van der Waals surface area contributed by atoms with Crippen molar-refractivity contribution in [2.75, 3.05) is 0 Å². The second-order valence-corrected chi connectivity index (χ2v) is 7.76. The van der Waals surface area contributed by atoms with E-state index in [1.165, 1.54) is 0 Å². The third kappa shape index (κ3) is 25.2. The van der Waals surface area contributed by atoms with Gasteiger partial charge in [-0.1, -0.05) is 80.1 Å². The van der Waals surface area contributed by atoms with Gasteiger partial charge in [0, 0.05) is 20.1 Å². The van der Waals surface area contributed by atoms with Gasteiger partial charge in [-0.25, -0.2) is 0 Å². The van der Waals surface area contributed by atoms with E-state index >= 15 is 0 Å². The maximum atomic E-state index is 10.4. The fourth-order valence-corrected chi connectivity index (χ4v) is 2.86. The number of rotatable bonds is 15. The summed E-state index contributed by atoms with van der Waals surface area (Å²) in [7, 11) is 0. The van der Waals surface area contributed by atoms with Crippen LogP contribution >= 0.6 is 0 Å². The van der Waals surface area contributed by atoms with Gasteiger partial charge in [0.2, 0.25) is 0 Å². The number of carboxylic acids is 3. The summed E-state index contributed by atoms with van der Waals surface area (Å²) in [5.41, 5.74) is 0. The van der Waals surface area contributed by atoms with Crippen molar-refractivity contribution in [1.82, 2.24) is 0 Å². The molecule has 6 nitrogen and oxygen atoms in total. The van der Waals surface area contributed by atoms with Crippen LogP contribution < -0.4 is 0 Å². The van der Waals surface area contributed by atoms with Crippen LogP contribution in [0.15, 0.2) is 0 Å². The average molecular weight is 625 g/mol. The maximum Gasteiger partial charge on any atom is 0.306 e. The van der Waals surface area contributed by atoms with E-state index in [2.05, 4.69) is 20.8 Å². The van der Waals surface area contributed by atoms with E-state index in [0.29, 0.717) is 0 Å². The van der Waals surface area contributed by atoms with Crippen LogP contribution in [0.4, 0.5) is 0 Å². The molecule has 0 aromatic carbocycles. The Hall–Kier alpha value is -0.941. The van der Waals surface area contributed by atoms with E-state index in [-0.39, 0.29) is 37.9 Å². The molecule has 3 N–H and O–H groups in total. The minimum atomic E-state index is -0.643. The van der Waals surface area contributed by atoms with Gasteiger partial charge >= 0.3 is 17.9 Å². The van der Waals surface area contributed by atoms with Gasteiger partial charge in [0.25, 0.3) is 0 Å². The normalized spacial score (nSPS) is 12.6. The van der Waals surface area contributed by atoms with Crippen LogP contribution in [0.1, 0.15) is 119 Å². The number of hydrogen-bond donors (Lipinski definition) is 3. The largest absolute Gasteiger partial charge is 0.481 e. The van der Waals surface area contributed by atoms with Crippen molar-refractivity contribution in [2.24, 2.45) is 17.8 Å². The molecule has 3 atom stereocenters. The van der Waals surface area contributed by atoms with Crippen molar-refractivity contribution in [3.8, 4) is 0 Å². The Balaban J connectivity index is -0.000000174. The summed E-state index contributed by atoms with van der Waals surface area (Å²) in [6.07, 6.45) is 11.1. The zero-order valence-electron chi connectivity index (χ0n) is 20.6. The summed E-state index contributed by atoms with van der Waals surface area (Å²) in [5, 5.41) is 25.8. The van der Waals surface area contributed by atoms with Crippen LogP contribution in [0.5, 0.6) is 0 Å². The second-order valence-electron chi connectivity index (χ2n) is 7.76. The summed E-state index contributed by atoms with van der Waals surface area (Å²) in [5.74, 6) is -2.26. The van der Waals surface area contributed by atoms with Gasteiger partial charge in [-0.15, -0.1) is 0 Å². The van der Waals surface area contributed by atoms with E-state index in [1.807, 2.05) is 20.8 Å². The molecule has 3 unspecified atom stereocenters. The third-order valence-electron chi connectivity index (χ3n) is 5.24. The van der Waals surface area contributed by atoms with E-state index in [1.54, 1.807) is 0 Å². The minimum absolute atomic E-state index is 0. The van der Waals surface area contributed by atoms with Crippen LogP contribution in [0.3, 0.4) is 0 Å². The number of carboxylic acid groups (broad SMARTS) is 3. The Morgan fingerprint density at radius 1 is 0.516 bits per heavy atom. The van der Waals surface area contributed by atoms with Crippen LogP contribution in [0.25, 0.3) is 0 Å². The fourth-order valence-electron chi connectivity index (χ4n) is 2.86. The van der Waals surface area contributed by atoms with Gasteiger partial charge in [-0.05, 0) is 38.5 Å². The molecule has 0 aromatic rings. The first-order valence-electron chi connectivity index (χ1n) is 11.8.